The molecule has 8 aromatic carbocycles. The van der Waals surface area contributed by atoms with Crippen molar-refractivity contribution in [2.24, 2.45) is 0 Å². The van der Waals surface area contributed by atoms with Gasteiger partial charge in [-0.2, -0.15) is 0 Å². The largest absolute Gasteiger partial charge is 0.458 e. The Hall–Kier alpha value is -8.42. The van der Waals surface area contributed by atoms with E-state index in [1.54, 1.807) is 0 Å². The number of furan rings is 1. The van der Waals surface area contributed by atoms with Crippen LogP contribution in [0.15, 0.2) is 205 Å². The summed E-state index contributed by atoms with van der Waals surface area (Å²) in [7, 11) is 0. The molecule has 0 N–H and O–H groups in total. The van der Waals surface area contributed by atoms with Gasteiger partial charge in [0, 0.05) is 44.1 Å². The minimum Gasteiger partial charge on any atom is -0.458 e. The number of fused-ring (bicyclic) bond motifs is 10. The molecule has 0 aliphatic carbocycles. The second kappa shape index (κ2) is 13.0. The molecule has 7 nitrogen and oxygen atoms in total. The van der Waals surface area contributed by atoms with Gasteiger partial charge in [-0.1, -0.05) is 115 Å². The number of benzene rings is 8. The number of ether oxygens (including phenoxy) is 1. The maximum absolute atomic E-state index is 6.72. The van der Waals surface area contributed by atoms with Crippen LogP contribution < -0.4 is 9.30 Å². The van der Waals surface area contributed by atoms with Gasteiger partial charge >= 0.3 is 0 Å². The Labute approximate surface area is 348 Å². The van der Waals surface area contributed by atoms with Gasteiger partial charge in [0.1, 0.15) is 22.9 Å². The van der Waals surface area contributed by atoms with Gasteiger partial charge in [-0.15, -0.1) is 0 Å². The van der Waals surface area contributed by atoms with Crippen molar-refractivity contribution in [3.63, 3.8) is 0 Å². The lowest BCUT2D eigenvalue weighted by molar-refractivity contribution is -0.571. The van der Waals surface area contributed by atoms with E-state index in [0.29, 0.717) is 5.75 Å². The van der Waals surface area contributed by atoms with E-state index >= 15 is 0 Å². The number of rotatable bonds is 6. The summed E-state index contributed by atoms with van der Waals surface area (Å²) >= 11 is 0. The molecule has 0 fully saturated rings. The molecule has 0 spiro atoms. The van der Waals surface area contributed by atoms with E-state index in [4.69, 9.17) is 14.1 Å². The van der Waals surface area contributed by atoms with E-state index in [1.165, 1.54) is 10.8 Å². The number of nitrogens with zero attached hydrogens (tertiary/aromatic N) is 5. The van der Waals surface area contributed by atoms with Gasteiger partial charge in [-0.3, -0.25) is 13.7 Å². The number of pyridine rings is 1. The number of para-hydroxylation sites is 7. The van der Waals surface area contributed by atoms with Crippen LogP contribution in [0.5, 0.6) is 11.5 Å². The third-order valence-corrected chi connectivity index (χ3v) is 11.9. The van der Waals surface area contributed by atoms with Crippen molar-refractivity contribution in [3.05, 3.63) is 207 Å². The first kappa shape index (κ1) is 33.5. The summed E-state index contributed by atoms with van der Waals surface area (Å²) in [4.78, 5) is 4.92. The average molecular weight is 784 g/mol. The van der Waals surface area contributed by atoms with Crippen molar-refractivity contribution in [1.82, 2.24) is 18.7 Å². The zero-order valence-electron chi connectivity index (χ0n) is 32.6. The molecule has 0 aliphatic rings. The van der Waals surface area contributed by atoms with Crippen LogP contribution in [0.2, 0.25) is 0 Å². The normalized spacial score (nSPS) is 11.9. The predicted molar refractivity (Wildman–Crippen MR) is 244 cm³/mol. The SMILES string of the molecule is [c-]1n(-c2cccc(Oc3ccc4c5ccccc5n(-c5cc6c(cn5)oc5ccccc56)c4c3)c2)c2ccccc2[n+]1-c1cccc2c3ccccc3n(-c3ccccc3)c12. The molecular weight excluding hydrogens is 751 g/mol. The van der Waals surface area contributed by atoms with Crippen LogP contribution in [-0.2, 0) is 0 Å². The van der Waals surface area contributed by atoms with Gasteiger partial charge in [0.15, 0.2) is 5.58 Å². The highest BCUT2D eigenvalue weighted by Crippen LogP contribution is 2.38. The molecule has 0 amide bonds. The molecule has 286 valence electrons. The van der Waals surface area contributed by atoms with Gasteiger partial charge in [-0.25, -0.2) is 4.98 Å². The lowest BCUT2D eigenvalue weighted by atomic mass is 10.1. The first-order chi connectivity index (χ1) is 30.2. The van der Waals surface area contributed by atoms with Crippen LogP contribution >= 0.6 is 0 Å². The summed E-state index contributed by atoms with van der Waals surface area (Å²) in [6, 6.07) is 67.5. The third-order valence-electron chi connectivity index (χ3n) is 11.9. The van der Waals surface area contributed by atoms with Crippen LogP contribution in [0.1, 0.15) is 0 Å². The molecule has 0 atom stereocenters. The van der Waals surface area contributed by atoms with Crippen molar-refractivity contribution < 1.29 is 13.7 Å². The standard InChI is InChI=1S/C54H33N5O2/c1-2-14-35(15-3-1)58-45-22-7-5-19-40(45)43-21-13-26-49(54(43)58)57-34-56(47-24-9-10-25-48(47)57)36-16-12-17-37(30-36)60-38-28-29-41-39-18-4-8-23-46(39)59(50(41)31-38)53-32-44-42-20-6-11-27-51(42)61-52(44)33-55-53/h1-33H. The molecule has 0 saturated heterocycles. The Morgan fingerprint density at radius 2 is 1.11 bits per heavy atom. The molecule has 0 aliphatic heterocycles. The highest BCUT2D eigenvalue weighted by atomic mass is 16.5. The Morgan fingerprint density at radius 3 is 1.98 bits per heavy atom. The van der Waals surface area contributed by atoms with E-state index in [9.17, 15) is 0 Å². The Morgan fingerprint density at radius 1 is 0.459 bits per heavy atom. The summed E-state index contributed by atoms with van der Waals surface area (Å²) in [5, 5.41) is 6.76. The van der Waals surface area contributed by atoms with Crippen LogP contribution in [0.4, 0.5) is 0 Å². The molecule has 0 radical (unpaired) electrons. The van der Waals surface area contributed by atoms with Gasteiger partial charge in [-0.05, 0) is 72.8 Å². The topological polar surface area (TPSA) is 53.9 Å². The van der Waals surface area contributed by atoms with E-state index in [0.717, 1.165) is 94.4 Å². The zero-order chi connectivity index (χ0) is 40.0. The lowest BCUT2D eigenvalue weighted by Gasteiger charge is -2.12. The van der Waals surface area contributed by atoms with Gasteiger partial charge in [0.2, 0.25) is 0 Å². The first-order valence-electron chi connectivity index (χ1n) is 20.4. The summed E-state index contributed by atoms with van der Waals surface area (Å²) in [6.07, 6.45) is 5.59. The summed E-state index contributed by atoms with van der Waals surface area (Å²) in [6.45, 7) is 0. The Bertz CT molecular complexity index is 3870. The van der Waals surface area contributed by atoms with Crippen molar-refractivity contribution in [3.8, 4) is 34.4 Å². The fourth-order valence-corrected chi connectivity index (χ4v) is 9.28. The van der Waals surface area contributed by atoms with E-state index in [-0.39, 0.29) is 0 Å². The minimum atomic E-state index is 0.716. The van der Waals surface area contributed by atoms with Crippen molar-refractivity contribution in [2.75, 3.05) is 0 Å². The average Bonchev–Trinajstić information content (AvgIpc) is 4.07. The van der Waals surface area contributed by atoms with Gasteiger partial charge < -0.3 is 13.7 Å². The van der Waals surface area contributed by atoms with Crippen LogP contribution in [0, 0.1) is 6.33 Å². The van der Waals surface area contributed by atoms with Crippen LogP contribution in [0.3, 0.4) is 0 Å². The summed E-state index contributed by atoms with van der Waals surface area (Å²) < 4.78 is 21.7. The quantitative estimate of drug-likeness (QED) is 0.125. The Balaban J connectivity index is 0.928. The number of imidazole rings is 1. The lowest BCUT2D eigenvalue weighted by Crippen LogP contribution is -2.30. The monoisotopic (exact) mass is 783 g/mol. The maximum atomic E-state index is 6.72. The van der Waals surface area contributed by atoms with Crippen LogP contribution in [0.25, 0.3) is 99.5 Å². The third kappa shape index (κ3) is 5.11. The molecule has 5 heterocycles. The molecule has 0 bridgehead atoms. The second-order valence-corrected chi connectivity index (χ2v) is 15.4. The fourth-order valence-electron chi connectivity index (χ4n) is 9.28. The minimum absolute atomic E-state index is 0.716. The molecule has 61 heavy (non-hydrogen) atoms. The smallest absolute Gasteiger partial charge is 0.269 e. The number of hydrogen-bond acceptors (Lipinski definition) is 3. The fraction of sp³-hybridized carbons (Fsp3) is 0. The summed E-state index contributed by atoms with van der Waals surface area (Å²) in [5.41, 5.74) is 11.1. The number of hydrogen-bond donors (Lipinski definition) is 0. The van der Waals surface area contributed by atoms with Crippen molar-refractivity contribution in [1.29, 1.82) is 0 Å². The molecule has 5 aromatic heterocycles. The van der Waals surface area contributed by atoms with Crippen LogP contribution in [-0.4, -0.2) is 18.7 Å². The van der Waals surface area contributed by atoms with E-state index < -0.39 is 0 Å². The zero-order valence-corrected chi connectivity index (χ0v) is 32.6. The van der Waals surface area contributed by atoms with Gasteiger partial charge in [0.25, 0.3) is 6.33 Å². The molecule has 13 rings (SSSR count). The molecule has 13 aromatic rings. The highest BCUT2D eigenvalue weighted by Gasteiger charge is 2.21. The number of aromatic nitrogens is 5. The first-order valence-corrected chi connectivity index (χ1v) is 20.4. The predicted octanol–water partition coefficient (Wildman–Crippen LogP) is 13.0. The molecule has 0 saturated carbocycles. The molecular formula is C54H33N5O2. The van der Waals surface area contributed by atoms with Crippen molar-refractivity contribution in [2.45, 2.75) is 0 Å². The maximum Gasteiger partial charge on any atom is 0.269 e. The second-order valence-electron chi connectivity index (χ2n) is 15.4. The molecule has 7 heteroatoms. The van der Waals surface area contributed by atoms with Crippen molar-refractivity contribution >= 4 is 76.6 Å². The van der Waals surface area contributed by atoms with Gasteiger partial charge in [0.05, 0.1) is 50.7 Å². The molecule has 0 unspecified atom stereocenters. The summed E-state index contributed by atoms with van der Waals surface area (Å²) in [5.74, 6) is 2.25. The van der Waals surface area contributed by atoms with E-state index in [2.05, 4.69) is 182 Å². The highest BCUT2D eigenvalue weighted by molar-refractivity contribution is 6.12. The Kier molecular flexibility index (Phi) is 7.17. The van der Waals surface area contributed by atoms with E-state index in [1.807, 2.05) is 42.6 Å².